The van der Waals surface area contributed by atoms with Gasteiger partial charge in [0, 0.05) is 10.2 Å². The average molecular weight is 377 g/mol. The highest BCUT2D eigenvalue weighted by molar-refractivity contribution is 9.10. The third-order valence-corrected chi connectivity index (χ3v) is 5.23. The molecule has 5 nitrogen and oxygen atoms in total. The molecule has 0 radical (unpaired) electrons. The SMILES string of the molecule is Cc1cc(NC(=O)CN2C(=O)[C@H]3CC=CC[C@H]3C2=O)ccc1Br. The van der Waals surface area contributed by atoms with Crippen LogP contribution in [0.1, 0.15) is 18.4 Å². The number of aryl methyl sites for hydroxylation is 1. The van der Waals surface area contributed by atoms with Crippen molar-refractivity contribution >= 4 is 39.3 Å². The topological polar surface area (TPSA) is 66.5 Å². The summed E-state index contributed by atoms with van der Waals surface area (Å²) in [5.41, 5.74) is 1.64. The Morgan fingerprint density at radius 1 is 1.22 bits per heavy atom. The van der Waals surface area contributed by atoms with E-state index in [0.29, 0.717) is 18.5 Å². The van der Waals surface area contributed by atoms with Gasteiger partial charge in [-0.25, -0.2) is 0 Å². The third-order valence-electron chi connectivity index (χ3n) is 4.34. The van der Waals surface area contributed by atoms with Gasteiger partial charge in [0.05, 0.1) is 11.8 Å². The van der Waals surface area contributed by atoms with Gasteiger partial charge in [-0.15, -0.1) is 0 Å². The van der Waals surface area contributed by atoms with Crippen molar-refractivity contribution < 1.29 is 14.4 Å². The second kappa shape index (κ2) is 6.28. The molecule has 120 valence electrons. The number of imide groups is 1. The van der Waals surface area contributed by atoms with Crippen LogP contribution in [0.25, 0.3) is 0 Å². The predicted octanol–water partition coefficient (Wildman–Crippen LogP) is 2.65. The molecule has 1 saturated heterocycles. The summed E-state index contributed by atoms with van der Waals surface area (Å²) in [6, 6.07) is 5.45. The van der Waals surface area contributed by atoms with Crippen molar-refractivity contribution in [1.82, 2.24) is 4.90 Å². The number of hydrogen-bond acceptors (Lipinski definition) is 3. The quantitative estimate of drug-likeness (QED) is 0.651. The number of allylic oxidation sites excluding steroid dienone is 2. The number of hydrogen-bond donors (Lipinski definition) is 1. The first-order valence-electron chi connectivity index (χ1n) is 7.53. The largest absolute Gasteiger partial charge is 0.325 e. The second-order valence-electron chi connectivity index (χ2n) is 5.93. The maximum atomic E-state index is 12.3. The maximum absolute atomic E-state index is 12.3. The van der Waals surface area contributed by atoms with Crippen LogP contribution in [0.15, 0.2) is 34.8 Å². The Morgan fingerprint density at radius 2 is 1.83 bits per heavy atom. The lowest BCUT2D eigenvalue weighted by molar-refractivity contribution is -0.142. The Kier molecular flexibility index (Phi) is 4.35. The number of rotatable bonds is 3. The van der Waals surface area contributed by atoms with E-state index in [1.54, 1.807) is 6.07 Å². The Bertz CT molecular complexity index is 688. The highest BCUT2D eigenvalue weighted by Crippen LogP contribution is 2.34. The van der Waals surface area contributed by atoms with Crippen LogP contribution in [0.4, 0.5) is 5.69 Å². The molecule has 0 saturated carbocycles. The highest BCUT2D eigenvalue weighted by Gasteiger charge is 2.47. The number of nitrogens with zero attached hydrogens (tertiary/aromatic N) is 1. The first kappa shape index (κ1) is 15.9. The molecule has 1 N–H and O–H groups in total. The van der Waals surface area contributed by atoms with Gasteiger partial charge in [-0.05, 0) is 43.5 Å². The first-order chi connectivity index (χ1) is 11.0. The fourth-order valence-corrected chi connectivity index (χ4v) is 3.34. The van der Waals surface area contributed by atoms with Crippen LogP contribution in [0.5, 0.6) is 0 Å². The van der Waals surface area contributed by atoms with Crippen LogP contribution in [-0.2, 0) is 14.4 Å². The van der Waals surface area contributed by atoms with Gasteiger partial charge >= 0.3 is 0 Å². The smallest absolute Gasteiger partial charge is 0.244 e. The van der Waals surface area contributed by atoms with Gasteiger partial charge in [0.1, 0.15) is 6.54 Å². The average Bonchev–Trinajstić information content (AvgIpc) is 2.76. The summed E-state index contributed by atoms with van der Waals surface area (Å²) in [5.74, 6) is -1.41. The minimum Gasteiger partial charge on any atom is -0.325 e. The number of nitrogens with one attached hydrogen (secondary N) is 1. The molecular formula is C17H17BrN2O3. The number of likely N-dealkylation sites (tertiary alicyclic amines) is 1. The predicted molar refractivity (Wildman–Crippen MR) is 89.6 cm³/mol. The monoisotopic (exact) mass is 376 g/mol. The van der Waals surface area contributed by atoms with E-state index in [9.17, 15) is 14.4 Å². The number of anilines is 1. The normalized spacial score (nSPS) is 23.1. The minimum atomic E-state index is -0.361. The van der Waals surface area contributed by atoms with E-state index in [4.69, 9.17) is 0 Å². The zero-order valence-corrected chi connectivity index (χ0v) is 14.3. The summed E-state index contributed by atoms with van der Waals surface area (Å²) < 4.78 is 0.956. The molecule has 1 heterocycles. The van der Waals surface area contributed by atoms with E-state index in [1.165, 1.54) is 0 Å². The zero-order chi connectivity index (χ0) is 16.6. The van der Waals surface area contributed by atoms with Crippen LogP contribution in [-0.4, -0.2) is 29.2 Å². The molecule has 0 unspecified atom stereocenters. The lowest BCUT2D eigenvalue weighted by atomic mass is 9.85. The van der Waals surface area contributed by atoms with E-state index in [2.05, 4.69) is 21.2 Å². The van der Waals surface area contributed by atoms with Crippen molar-refractivity contribution in [3.8, 4) is 0 Å². The van der Waals surface area contributed by atoms with Crippen LogP contribution >= 0.6 is 15.9 Å². The standard InChI is InChI=1S/C17H17BrN2O3/c1-10-8-11(6-7-14(10)18)19-15(21)9-20-16(22)12-4-2-3-5-13(12)17(20)23/h2-3,6-8,12-13H,4-5,9H2,1H3,(H,19,21)/t12-,13+. The summed E-state index contributed by atoms with van der Waals surface area (Å²) in [6.07, 6.45) is 5.03. The fourth-order valence-electron chi connectivity index (χ4n) is 3.09. The van der Waals surface area contributed by atoms with Gasteiger partial charge in [-0.1, -0.05) is 28.1 Å². The second-order valence-corrected chi connectivity index (χ2v) is 6.78. The lowest BCUT2D eigenvalue weighted by Crippen LogP contribution is -2.38. The van der Waals surface area contributed by atoms with Crippen molar-refractivity contribution in [2.45, 2.75) is 19.8 Å². The van der Waals surface area contributed by atoms with Gasteiger partial charge in [-0.2, -0.15) is 0 Å². The molecule has 0 aromatic heterocycles. The summed E-state index contributed by atoms with van der Waals surface area (Å²) in [7, 11) is 0. The van der Waals surface area contributed by atoms with Crippen molar-refractivity contribution in [2.75, 3.05) is 11.9 Å². The fraction of sp³-hybridized carbons (Fsp3) is 0.353. The van der Waals surface area contributed by atoms with Gasteiger partial charge < -0.3 is 5.32 Å². The van der Waals surface area contributed by atoms with Crippen molar-refractivity contribution in [1.29, 1.82) is 0 Å². The highest BCUT2D eigenvalue weighted by atomic mass is 79.9. The Morgan fingerprint density at radius 3 is 2.39 bits per heavy atom. The van der Waals surface area contributed by atoms with Gasteiger partial charge in [0.15, 0.2) is 0 Å². The van der Waals surface area contributed by atoms with E-state index in [-0.39, 0.29) is 36.1 Å². The van der Waals surface area contributed by atoms with Crippen LogP contribution in [0.3, 0.4) is 0 Å². The third kappa shape index (κ3) is 3.08. The van der Waals surface area contributed by atoms with Gasteiger partial charge in [0.2, 0.25) is 17.7 Å². The van der Waals surface area contributed by atoms with E-state index in [0.717, 1.165) is 14.9 Å². The maximum Gasteiger partial charge on any atom is 0.244 e. The van der Waals surface area contributed by atoms with Crippen molar-refractivity contribution in [3.63, 3.8) is 0 Å². The first-order valence-corrected chi connectivity index (χ1v) is 8.33. The number of benzene rings is 1. The Hall–Kier alpha value is -1.95. The number of carbonyl (C=O) groups excluding carboxylic acids is 3. The Labute approximate surface area is 142 Å². The van der Waals surface area contributed by atoms with E-state index in [1.807, 2.05) is 31.2 Å². The lowest BCUT2D eigenvalue weighted by Gasteiger charge is -2.14. The number of carbonyl (C=O) groups is 3. The summed E-state index contributed by atoms with van der Waals surface area (Å²) in [6.45, 7) is 1.70. The molecule has 1 aromatic carbocycles. The summed E-state index contributed by atoms with van der Waals surface area (Å²) in [4.78, 5) is 37.9. The van der Waals surface area contributed by atoms with Crippen molar-refractivity contribution in [3.05, 3.63) is 40.4 Å². The molecule has 2 atom stereocenters. The number of amides is 3. The molecule has 6 heteroatoms. The van der Waals surface area contributed by atoms with Crippen LogP contribution in [0, 0.1) is 18.8 Å². The molecule has 0 bridgehead atoms. The minimum absolute atomic E-state index is 0.222. The molecule has 1 aliphatic heterocycles. The summed E-state index contributed by atoms with van der Waals surface area (Å²) in [5, 5.41) is 2.74. The van der Waals surface area contributed by atoms with Crippen molar-refractivity contribution in [2.24, 2.45) is 11.8 Å². The zero-order valence-electron chi connectivity index (χ0n) is 12.7. The molecule has 3 amide bonds. The van der Waals surface area contributed by atoms with Crippen LogP contribution in [0.2, 0.25) is 0 Å². The van der Waals surface area contributed by atoms with E-state index >= 15 is 0 Å². The Balaban J connectivity index is 1.67. The molecule has 3 rings (SSSR count). The molecule has 0 spiro atoms. The van der Waals surface area contributed by atoms with Gasteiger partial charge in [-0.3, -0.25) is 19.3 Å². The molecule has 1 fully saturated rings. The number of halogens is 1. The molecule has 23 heavy (non-hydrogen) atoms. The molecule has 2 aliphatic rings. The van der Waals surface area contributed by atoms with E-state index < -0.39 is 0 Å². The summed E-state index contributed by atoms with van der Waals surface area (Å²) >= 11 is 3.40. The molecule has 1 aliphatic carbocycles. The molecular weight excluding hydrogens is 360 g/mol. The number of fused-ring (bicyclic) bond motifs is 1. The molecule has 1 aromatic rings. The van der Waals surface area contributed by atoms with Crippen LogP contribution < -0.4 is 5.32 Å². The van der Waals surface area contributed by atoms with Gasteiger partial charge in [0.25, 0.3) is 0 Å².